The number of aliphatic hydroxyl groups excluding tert-OH is 2. The molecule has 3 aliphatic carbocycles. The molecule has 3 aliphatic rings. The largest absolute Gasteiger partial charge is 0.393 e. The lowest BCUT2D eigenvalue weighted by molar-refractivity contribution is -0.138. The van der Waals surface area contributed by atoms with Crippen LogP contribution in [0.2, 0.25) is 0 Å². The number of nitrogens with one attached hydrogen (secondary N) is 2. The Morgan fingerprint density at radius 3 is 2.00 bits per heavy atom. The Hall–Kier alpha value is -1.36. The van der Waals surface area contributed by atoms with Crippen molar-refractivity contribution in [3.8, 4) is 0 Å². The van der Waals surface area contributed by atoms with Crippen LogP contribution in [0.25, 0.3) is 0 Å². The van der Waals surface area contributed by atoms with E-state index < -0.39 is 60.4 Å². The van der Waals surface area contributed by atoms with Gasteiger partial charge in [0.25, 0.3) is 0 Å². The van der Waals surface area contributed by atoms with Gasteiger partial charge in [-0.25, -0.2) is 27.0 Å². The van der Waals surface area contributed by atoms with Crippen molar-refractivity contribution in [2.45, 2.75) is 159 Å². The van der Waals surface area contributed by atoms with Crippen molar-refractivity contribution in [1.29, 1.82) is 0 Å². The average molecular weight is 736 g/mol. The Labute approximate surface area is 295 Å². The van der Waals surface area contributed by atoms with Gasteiger partial charge in [-0.1, -0.05) is 46.5 Å². The molecular weight excluding hydrogens is 671 g/mol. The van der Waals surface area contributed by atoms with Gasteiger partial charge in [0.2, 0.25) is 31.9 Å². The first-order valence-electron chi connectivity index (χ1n) is 18.9. The van der Waals surface area contributed by atoms with Gasteiger partial charge in [0.1, 0.15) is 0 Å². The zero-order valence-corrected chi connectivity index (χ0v) is 31.7. The van der Waals surface area contributed by atoms with Gasteiger partial charge >= 0.3 is 0 Å². The molecule has 0 aromatic heterocycles. The number of aliphatic hydroxyl groups is 2. The van der Waals surface area contributed by atoms with E-state index >= 15 is 0 Å². The number of hydrogen-bond donors (Lipinski definition) is 5. The zero-order valence-electron chi connectivity index (χ0n) is 30.1. The molecule has 0 bridgehead atoms. The summed E-state index contributed by atoms with van der Waals surface area (Å²) in [5.74, 6) is -1.95. The highest BCUT2D eigenvalue weighted by Gasteiger charge is 2.42. The van der Waals surface area contributed by atoms with Crippen molar-refractivity contribution in [3.63, 3.8) is 0 Å². The number of carbonyl (C=O) groups is 2. The maximum atomic E-state index is 14.0. The molecule has 6 N–H and O–H groups in total. The molecule has 0 aromatic carbocycles. The van der Waals surface area contributed by atoms with Crippen LogP contribution in [0.4, 0.5) is 0 Å². The average Bonchev–Trinajstić information content (AvgIpc) is 3.07. The number of nitrogens with two attached hydrogens (primary N) is 1. The third-order valence-electron chi connectivity index (χ3n) is 10.8. The number of amides is 2. The van der Waals surface area contributed by atoms with E-state index in [0.717, 1.165) is 51.4 Å². The zero-order chi connectivity index (χ0) is 36.2. The molecule has 3 rings (SSSR count). The van der Waals surface area contributed by atoms with Gasteiger partial charge in [0.15, 0.2) is 0 Å². The Balaban J connectivity index is 1.82. The molecule has 0 radical (unpaired) electrons. The monoisotopic (exact) mass is 735 g/mol. The number of unbranched alkanes of at least 4 members (excludes halogenated alkanes) is 1. The summed E-state index contributed by atoms with van der Waals surface area (Å²) in [6, 6.07) is -0.753. The first-order valence-corrected chi connectivity index (χ1v) is 22.1. The standard InChI is InChI=1S/C34H65N5O8S2/c1-4-7-19-39(37-49(46,47)29-11-9-8-10-12-29)24-32(41)31(20-25-13-15-28(40)16-14-25)36-33(42)26-21-27(23-30(22-26)48(35,44)45)34(43)38(17-5-2)18-6-3/h25-32,37,40-41H,4-24H2,1-3H3,(H,36,42)(H2,35,44,45). The maximum absolute atomic E-state index is 14.0. The number of hydrazine groups is 1. The van der Waals surface area contributed by atoms with Gasteiger partial charge in [0.05, 0.1) is 28.7 Å². The Morgan fingerprint density at radius 1 is 0.816 bits per heavy atom. The SMILES string of the molecule is CCCCN(CC(O)C(CC1CCC(O)CC1)NC(=O)C1CC(C(=O)N(CCC)CCC)CC(S(N)(=O)=O)C1)NS(=O)(=O)C1CCCCC1. The Kier molecular flexibility index (Phi) is 17.2. The fourth-order valence-corrected chi connectivity index (χ4v) is 10.6. The van der Waals surface area contributed by atoms with Crippen LogP contribution in [0.5, 0.6) is 0 Å². The Morgan fingerprint density at radius 2 is 1.43 bits per heavy atom. The van der Waals surface area contributed by atoms with Crippen LogP contribution in [-0.4, -0.2) is 104 Å². The maximum Gasteiger partial charge on any atom is 0.227 e. The summed E-state index contributed by atoms with van der Waals surface area (Å²) in [6.45, 7) is 7.40. The van der Waals surface area contributed by atoms with E-state index in [2.05, 4.69) is 10.1 Å². The topological polar surface area (TPSA) is 199 Å². The van der Waals surface area contributed by atoms with Crippen LogP contribution < -0.4 is 15.3 Å². The second kappa shape index (κ2) is 20.0. The van der Waals surface area contributed by atoms with Crippen LogP contribution in [-0.2, 0) is 29.6 Å². The van der Waals surface area contributed by atoms with Crippen LogP contribution >= 0.6 is 0 Å². The fourth-order valence-electron chi connectivity index (χ4n) is 7.94. The van der Waals surface area contributed by atoms with Crippen molar-refractivity contribution < 1.29 is 36.6 Å². The van der Waals surface area contributed by atoms with Crippen molar-refractivity contribution in [3.05, 3.63) is 0 Å². The summed E-state index contributed by atoms with van der Waals surface area (Å²) in [6.07, 6.45) is 8.84. The number of rotatable bonds is 19. The molecule has 3 fully saturated rings. The van der Waals surface area contributed by atoms with Gasteiger partial charge in [-0.15, -0.1) is 4.83 Å². The minimum Gasteiger partial charge on any atom is -0.393 e. The second-order valence-electron chi connectivity index (χ2n) is 14.9. The molecule has 0 aliphatic heterocycles. The number of primary sulfonamides is 1. The molecule has 5 atom stereocenters. The lowest BCUT2D eigenvalue weighted by Gasteiger charge is -2.37. The van der Waals surface area contributed by atoms with E-state index in [4.69, 9.17) is 5.14 Å². The predicted molar refractivity (Wildman–Crippen MR) is 191 cm³/mol. The third-order valence-corrected chi connectivity index (χ3v) is 14.0. The van der Waals surface area contributed by atoms with E-state index in [1.54, 1.807) is 9.91 Å². The summed E-state index contributed by atoms with van der Waals surface area (Å²) in [4.78, 5) is 32.1. The van der Waals surface area contributed by atoms with E-state index in [1.165, 1.54) is 0 Å². The fraction of sp³-hybridized carbons (Fsp3) is 0.941. The quantitative estimate of drug-likeness (QED) is 0.124. The molecule has 13 nitrogen and oxygen atoms in total. The van der Waals surface area contributed by atoms with Gasteiger partial charge in [-0.3, -0.25) is 9.59 Å². The number of sulfonamides is 2. The lowest BCUT2D eigenvalue weighted by atomic mass is 9.79. The van der Waals surface area contributed by atoms with Crippen molar-refractivity contribution in [1.82, 2.24) is 20.1 Å². The van der Waals surface area contributed by atoms with Crippen molar-refractivity contribution in [2.75, 3.05) is 26.2 Å². The summed E-state index contributed by atoms with van der Waals surface area (Å²) in [7, 11) is -7.69. The highest BCUT2D eigenvalue weighted by Crippen LogP contribution is 2.35. The predicted octanol–water partition coefficient (Wildman–Crippen LogP) is 2.76. The third kappa shape index (κ3) is 13.3. The number of hydrogen-bond acceptors (Lipinski definition) is 9. The van der Waals surface area contributed by atoms with Crippen LogP contribution in [0.15, 0.2) is 0 Å². The van der Waals surface area contributed by atoms with Crippen molar-refractivity contribution in [2.24, 2.45) is 22.9 Å². The van der Waals surface area contributed by atoms with Gasteiger partial charge in [-0.05, 0) is 89.4 Å². The summed E-state index contributed by atoms with van der Waals surface area (Å²) in [5.41, 5.74) is 0. The van der Waals surface area contributed by atoms with Gasteiger partial charge in [-0.2, -0.15) is 0 Å². The minimum absolute atomic E-state index is 0.0156. The molecule has 286 valence electrons. The van der Waals surface area contributed by atoms with Crippen LogP contribution in [0, 0.1) is 17.8 Å². The van der Waals surface area contributed by atoms with E-state index in [-0.39, 0.29) is 43.7 Å². The molecular formula is C34H65N5O8S2. The van der Waals surface area contributed by atoms with Gasteiger partial charge in [0, 0.05) is 38.0 Å². The smallest absolute Gasteiger partial charge is 0.227 e. The van der Waals surface area contributed by atoms with Crippen molar-refractivity contribution >= 4 is 31.9 Å². The normalized spacial score (nSPS) is 27.0. The molecule has 0 heterocycles. The highest BCUT2D eigenvalue weighted by atomic mass is 32.2. The van der Waals surface area contributed by atoms with E-state index in [1.807, 2.05) is 20.8 Å². The minimum atomic E-state index is -4.03. The van der Waals surface area contributed by atoms with Crippen LogP contribution in [0.3, 0.4) is 0 Å². The number of carbonyl (C=O) groups excluding carboxylic acids is 2. The first-order chi connectivity index (χ1) is 23.2. The molecule has 15 heteroatoms. The molecule has 2 amide bonds. The highest BCUT2D eigenvalue weighted by molar-refractivity contribution is 7.90. The molecule has 0 spiro atoms. The first kappa shape index (κ1) is 42.1. The summed E-state index contributed by atoms with van der Waals surface area (Å²) < 4.78 is 51.9. The molecule has 49 heavy (non-hydrogen) atoms. The lowest BCUT2D eigenvalue weighted by Crippen LogP contribution is -2.56. The number of nitrogens with zero attached hydrogens (tertiary/aromatic N) is 2. The summed E-state index contributed by atoms with van der Waals surface area (Å²) >= 11 is 0. The molecule has 0 aromatic rings. The summed E-state index contributed by atoms with van der Waals surface area (Å²) in [5, 5.41) is 30.5. The second-order valence-corrected chi connectivity index (χ2v) is 18.7. The van der Waals surface area contributed by atoms with Crippen LogP contribution in [0.1, 0.15) is 130 Å². The van der Waals surface area contributed by atoms with E-state index in [9.17, 15) is 36.6 Å². The Bertz CT molecular complexity index is 1230. The van der Waals surface area contributed by atoms with E-state index in [0.29, 0.717) is 58.2 Å². The molecule has 3 saturated carbocycles. The molecule has 5 unspecified atom stereocenters. The van der Waals surface area contributed by atoms with Gasteiger partial charge < -0.3 is 20.4 Å². The molecule has 0 saturated heterocycles.